The van der Waals surface area contributed by atoms with Crippen molar-refractivity contribution in [2.75, 3.05) is 0 Å². The van der Waals surface area contributed by atoms with Gasteiger partial charge < -0.3 is 9.13 Å². The third-order valence-electron chi connectivity index (χ3n) is 10.5. The van der Waals surface area contributed by atoms with Crippen molar-refractivity contribution in [3.05, 3.63) is 182 Å². The van der Waals surface area contributed by atoms with Crippen LogP contribution in [0.25, 0.3) is 97.4 Å². The molecule has 0 aliphatic carbocycles. The first-order chi connectivity index (χ1) is 25.3. The van der Waals surface area contributed by atoms with Crippen molar-refractivity contribution in [3.8, 4) is 33.6 Å². The van der Waals surface area contributed by atoms with Crippen LogP contribution >= 0.6 is 11.3 Å². The fourth-order valence-electron chi connectivity index (χ4n) is 8.24. The van der Waals surface area contributed by atoms with Gasteiger partial charge in [-0.3, -0.25) is 0 Å². The zero-order valence-electron chi connectivity index (χ0n) is 27.6. The molecule has 0 fully saturated rings. The van der Waals surface area contributed by atoms with Crippen molar-refractivity contribution in [3.63, 3.8) is 0 Å². The SMILES string of the molecule is c1ccc(-c2cccc(-n3c4ccccc4c4c5c6ccccc6n(-c6ccc(-c7ccc8sc9ccccc9c8c7)cc6)c5ccc43)c2)cc1. The van der Waals surface area contributed by atoms with Gasteiger partial charge in [0.15, 0.2) is 0 Å². The summed E-state index contributed by atoms with van der Waals surface area (Å²) in [5.74, 6) is 0. The van der Waals surface area contributed by atoms with Gasteiger partial charge >= 0.3 is 0 Å². The number of fused-ring (bicyclic) bond motifs is 10. The Morgan fingerprint density at radius 3 is 1.55 bits per heavy atom. The van der Waals surface area contributed by atoms with Crippen molar-refractivity contribution in [2.24, 2.45) is 0 Å². The van der Waals surface area contributed by atoms with Crippen LogP contribution in [0.5, 0.6) is 0 Å². The summed E-state index contributed by atoms with van der Waals surface area (Å²) < 4.78 is 7.54. The van der Waals surface area contributed by atoms with E-state index in [1.54, 1.807) is 0 Å². The number of aromatic nitrogens is 2. The fourth-order valence-corrected chi connectivity index (χ4v) is 9.32. The van der Waals surface area contributed by atoms with Crippen LogP contribution in [-0.4, -0.2) is 9.13 Å². The van der Waals surface area contributed by atoms with E-state index in [0.29, 0.717) is 0 Å². The Bertz CT molecular complexity index is 3120. The van der Waals surface area contributed by atoms with Crippen molar-refractivity contribution in [1.29, 1.82) is 0 Å². The van der Waals surface area contributed by atoms with Gasteiger partial charge in [0, 0.05) is 53.1 Å². The van der Waals surface area contributed by atoms with Crippen molar-refractivity contribution >= 4 is 75.1 Å². The molecule has 0 N–H and O–H groups in total. The van der Waals surface area contributed by atoms with Gasteiger partial charge in [0.1, 0.15) is 0 Å². The normalized spacial score (nSPS) is 11.9. The summed E-state index contributed by atoms with van der Waals surface area (Å²) in [4.78, 5) is 0. The van der Waals surface area contributed by atoms with Gasteiger partial charge in [-0.1, -0.05) is 115 Å². The van der Waals surface area contributed by atoms with Crippen LogP contribution in [-0.2, 0) is 0 Å². The minimum atomic E-state index is 1.16. The van der Waals surface area contributed by atoms with Crippen LogP contribution in [0.4, 0.5) is 0 Å². The van der Waals surface area contributed by atoms with Crippen LogP contribution in [0.3, 0.4) is 0 Å². The van der Waals surface area contributed by atoms with E-state index in [1.165, 1.54) is 86.0 Å². The molecule has 11 rings (SSSR count). The molecule has 0 spiro atoms. The van der Waals surface area contributed by atoms with Crippen molar-refractivity contribution in [2.45, 2.75) is 0 Å². The molecule has 3 heterocycles. The van der Waals surface area contributed by atoms with Gasteiger partial charge in [-0.15, -0.1) is 11.3 Å². The minimum Gasteiger partial charge on any atom is -0.309 e. The zero-order valence-corrected chi connectivity index (χ0v) is 28.4. The Labute approximate surface area is 298 Å². The number of rotatable bonds is 4. The lowest BCUT2D eigenvalue weighted by atomic mass is 10.0. The van der Waals surface area contributed by atoms with Gasteiger partial charge in [-0.25, -0.2) is 0 Å². The lowest BCUT2D eigenvalue weighted by Crippen LogP contribution is -1.95. The molecule has 51 heavy (non-hydrogen) atoms. The van der Waals surface area contributed by atoms with Gasteiger partial charge in [0.25, 0.3) is 0 Å². The van der Waals surface area contributed by atoms with Crippen LogP contribution in [0, 0.1) is 0 Å². The number of hydrogen-bond acceptors (Lipinski definition) is 1. The molecule has 11 aromatic rings. The molecule has 0 aliphatic heterocycles. The predicted octanol–water partition coefficient (Wildman–Crippen LogP) is 13.6. The Balaban J connectivity index is 1.10. The fraction of sp³-hybridized carbons (Fsp3) is 0. The van der Waals surface area contributed by atoms with E-state index in [0.717, 1.165) is 11.4 Å². The molecular weight excluding hydrogens is 637 g/mol. The quantitative estimate of drug-likeness (QED) is 0.177. The summed E-state index contributed by atoms with van der Waals surface area (Å²) >= 11 is 1.86. The van der Waals surface area contributed by atoms with Crippen LogP contribution < -0.4 is 0 Å². The second kappa shape index (κ2) is 11.0. The van der Waals surface area contributed by atoms with E-state index >= 15 is 0 Å². The summed E-state index contributed by atoms with van der Waals surface area (Å²) in [5.41, 5.74) is 12.1. The topological polar surface area (TPSA) is 9.86 Å². The van der Waals surface area contributed by atoms with E-state index < -0.39 is 0 Å². The van der Waals surface area contributed by atoms with E-state index in [2.05, 4.69) is 191 Å². The molecule has 0 radical (unpaired) electrons. The monoisotopic (exact) mass is 666 g/mol. The van der Waals surface area contributed by atoms with Gasteiger partial charge in [0.05, 0.1) is 22.1 Å². The Kier molecular flexibility index (Phi) is 6.16. The molecule has 238 valence electrons. The largest absolute Gasteiger partial charge is 0.309 e. The number of benzene rings is 8. The molecule has 3 aromatic heterocycles. The van der Waals surface area contributed by atoms with Gasteiger partial charge in [0.2, 0.25) is 0 Å². The molecule has 0 amide bonds. The van der Waals surface area contributed by atoms with Crippen LogP contribution in [0.2, 0.25) is 0 Å². The standard InChI is InChI=1S/C48H30N2S/c1-2-11-31(12-3-1)33-13-10-14-36(29-33)50-42-19-8-5-17-39(42)48-44(50)27-26-43-47(48)38-16-4-7-18-41(38)49(43)35-24-21-32(22-25-35)34-23-28-46-40(30-34)37-15-6-9-20-45(37)51-46/h1-30H. The highest BCUT2D eigenvalue weighted by Crippen LogP contribution is 2.43. The summed E-state index contributed by atoms with van der Waals surface area (Å²) in [6.45, 7) is 0. The predicted molar refractivity (Wildman–Crippen MR) is 219 cm³/mol. The molecule has 3 heteroatoms. The van der Waals surface area contributed by atoms with E-state index in [1.807, 2.05) is 11.3 Å². The van der Waals surface area contributed by atoms with Crippen molar-refractivity contribution < 1.29 is 0 Å². The average molecular weight is 667 g/mol. The van der Waals surface area contributed by atoms with Gasteiger partial charge in [-0.05, 0) is 89.0 Å². The first kappa shape index (κ1) is 28.4. The lowest BCUT2D eigenvalue weighted by Gasteiger charge is -2.11. The maximum absolute atomic E-state index is 2.44. The van der Waals surface area contributed by atoms with E-state index in [9.17, 15) is 0 Å². The maximum atomic E-state index is 2.44. The Hall–Kier alpha value is -6.42. The van der Waals surface area contributed by atoms with Crippen molar-refractivity contribution in [1.82, 2.24) is 9.13 Å². The summed E-state index contributed by atoms with van der Waals surface area (Å²) in [6, 6.07) is 66.6. The highest BCUT2D eigenvalue weighted by molar-refractivity contribution is 7.25. The van der Waals surface area contributed by atoms with E-state index in [-0.39, 0.29) is 0 Å². The number of thiophene rings is 1. The third-order valence-corrected chi connectivity index (χ3v) is 11.7. The summed E-state index contributed by atoms with van der Waals surface area (Å²) in [5, 5.41) is 7.76. The first-order valence-electron chi connectivity index (χ1n) is 17.4. The lowest BCUT2D eigenvalue weighted by molar-refractivity contribution is 1.17. The number of para-hydroxylation sites is 2. The molecule has 2 nitrogen and oxygen atoms in total. The average Bonchev–Trinajstić information content (AvgIpc) is 3.86. The van der Waals surface area contributed by atoms with E-state index in [4.69, 9.17) is 0 Å². The minimum absolute atomic E-state index is 1.16. The smallest absolute Gasteiger partial charge is 0.0548 e. The number of hydrogen-bond donors (Lipinski definition) is 0. The molecule has 0 aliphatic rings. The molecule has 0 saturated heterocycles. The molecule has 8 aromatic carbocycles. The van der Waals surface area contributed by atoms with Gasteiger partial charge in [-0.2, -0.15) is 0 Å². The zero-order chi connectivity index (χ0) is 33.5. The second-order valence-corrected chi connectivity index (χ2v) is 14.4. The number of nitrogens with zero attached hydrogens (tertiary/aromatic N) is 2. The maximum Gasteiger partial charge on any atom is 0.0548 e. The summed E-state index contributed by atoms with van der Waals surface area (Å²) in [6.07, 6.45) is 0. The highest BCUT2D eigenvalue weighted by atomic mass is 32.1. The van der Waals surface area contributed by atoms with Crippen LogP contribution in [0.1, 0.15) is 0 Å². The Morgan fingerprint density at radius 1 is 0.294 bits per heavy atom. The molecule has 0 saturated carbocycles. The molecule has 0 bridgehead atoms. The van der Waals surface area contributed by atoms with Crippen LogP contribution in [0.15, 0.2) is 182 Å². The molecular formula is C48H30N2S. The first-order valence-corrected chi connectivity index (χ1v) is 18.3. The highest BCUT2D eigenvalue weighted by Gasteiger charge is 2.20. The molecule has 0 unspecified atom stereocenters. The molecule has 0 atom stereocenters. The second-order valence-electron chi connectivity index (χ2n) is 13.3. The Morgan fingerprint density at radius 2 is 0.824 bits per heavy atom. The summed E-state index contributed by atoms with van der Waals surface area (Å²) in [7, 11) is 0. The third kappa shape index (κ3) is 4.29.